The number of benzene rings is 2. The van der Waals surface area contributed by atoms with Crippen LogP contribution in [0.15, 0.2) is 50.8 Å². The Hall–Kier alpha value is -2.76. The van der Waals surface area contributed by atoms with Crippen LogP contribution in [0.1, 0.15) is 12.5 Å². The summed E-state index contributed by atoms with van der Waals surface area (Å²) < 4.78 is 24.9. The number of hydrogen-bond donors (Lipinski definition) is 1. The summed E-state index contributed by atoms with van der Waals surface area (Å²) in [6, 6.07) is 9.23. The van der Waals surface area contributed by atoms with E-state index in [-0.39, 0.29) is 18.3 Å². The number of ether oxygens (including phenoxy) is 2. The van der Waals surface area contributed by atoms with Crippen LogP contribution >= 0.6 is 27.7 Å². The second kappa shape index (κ2) is 9.63. The van der Waals surface area contributed by atoms with Gasteiger partial charge in [-0.2, -0.15) is 0 Å². The van der Waals surface area contributed by atoms with Gasteiger partial charge in [0.25, 0.3) is 5.91 Å². The maximum absolute atomic E-state index is 13.0. The molecule has 5 nitrogen and oxygen atoms in total. The number of halogens is 2. The van der Waals surface area contributed by atoms with Gasteiger partial charge in [0, 0.05) is 4.47 Å². The summed E-state index contributed by atoms with van der Waals surface area (Å²) >= 11 is 4.68. The van der Waals surface area contributed by atoms with Gasteiger partial charge in [-0.1, -0.05) is 21.9 Å². The maximum atomic E-state index is 13.0. The van der Waals surface area contributed by atoms with Crippen molar-refractivity contribution in [1.29, 1.82) is 0 Å². The number of amides is 1. The van der Waals surface area contributed by atoms with Crippen LogP contribution in [0.4, 0.5) is 10.1 Å². The Kier molecular flexibility index (Phi) is 6.96. The molecule has 0 spiro atoms. The van der Waals surface area contributed by atoms with Gasteiger partial charge in [-0.3, -0.25) is 4.79 Å². The molecule has 0 aliphatic carbocycles. The average Bonchev–Trinajstić information content (AvgIpc) is 3.04. The Bertz CT molecular complexity index is 1030. The maximum Gasteiger partial charge on any atom is 0.264 e. The highest BCUT2D eigenvalue weighted by molar-refractivity contribution is 9.10. The number of aliphatic imine (C=N–C) groups is 1. The number of thioether (sulfide) groups is 1. The summed E-state index contributed by atoms with van der Waals surface area (Å²) in [6.45, 7) is 2.44. The molecule has 3 rings (SSSR count). The van der Waals surface area contributed by atoms with Crippen LogP contribution < -0.4 is 14.8 Å². The number of terminal acetylenes is 1. The molecule has 0 atom stereocenters. The fourth-order valence-electron chi connectivity index (χ4n) is 2.42. The molecule has 0 bridgehead atoms. The minimum absolute atomic E-state index is 0.119. The molecular formula is C21H16BrFN2O3S. The first kappa shape index (κ1) is 21.0. The molecule has 1 fully saturated rings. The third-order valence-corrected chi connectivity index (χ3v) is 5.27. The third kappa shape index (κ3) is 5.40. The summed E-state index contributed by atoms with van der Waals surface area (Å²) in [5.74, 6) is 2.85. The zero-order valence-corrected chi connectivity index (χ0v) is 17.8. The van der Waals surface area contributed by atoms with E-state index in [0.29, 0.717) is 33.9 Å². The second-order valence-electron chi connectivity index (χ2n) is 5.70. The third-order valence-electron chi connectivity index (χ3n) is 3.67. The van der Waals surface area contributed by atoms with E-state index >= 15 is 0 Å². The SMILES string of the molecule is C#CCOc1cc(Br)c(/C=C2/SC(=Nc3ccc(F)cc3)NC2=O)cc1OCC. The molecule has 2 aromatic carbocycles. The van der Waals surface area contributed by atoms with Crippen molar-refractivity contribution in [1.82, 2.24) is 5.32 Å². The van der Waals surface area contributed by atoms with Crippen molar-refractivity contribution >= 4 is 50.5 Å². The molecule has 1 aliphatic heterocycles. The summed E-state index contributed by atoms with van der Waals surface area (Å²) in [7, 11) is 0. The number of hydrogen-bond acceptors (Lipinski definition) is 5. The molecule has 1 N–H and O–H groups in total. The quantitative estimate of drug-likeness (QED) is 0.478. The molecule has 0 saturated carbocycles. The first-order valence-electron chi connectivity index (χ1n) is 8.58. The number of nitrogens with one attached hydrogen (secondary N) is 1. The largest absolute Gasteiger partial charge is 0.490 e. The van der Waals surface area contributed by atoms with E-state index < -0.39 is 0 Å². The second-order valence-corrected chi connectivity index (χ2v) is 7.59. The Morgan fingerprint density at radius 2 is 2.00 bits per heavy atom. The highest BCUT2D eigenvalue weighted by atomic mass is 79.9. The van der Waals surface area contributed by atoms with Crippen molar-refractivity contribution in [3.63, 3.8) is 0 Å². The van der Waals surface area contributed by atoms with Gasteiger partial charge in [0.1, 0.15) is 12.4 Å². The summed E-state index contributed by atoms with van der Waals surface area (Å²) in [6.07, 6.45) is 6.98. The fraction of sp³-hybridized carbons (Fsp3) is 0.143. The number of amidine groups is 1. The van der Waals surface area contributed by atoms with E-state index in [9.17, 15) is 9.18 Å². The Labute approximate surface area is 180 Å². The van der Waals surface area contributed by atoms with E-state index in [2.05, 4.69) is 32.2 Å². The smallest absolute Gasteiger partial charge is 0.264 e. The minimum Gasteiger partial charge on any atom is -0.490 e. The predicted octanol–water partition coefficient (Wildman–Crippen LogP) is 4.89. The van der Waals surface area contributed by atoms with Gasteiger partial charge >= 0.3 is 0 Å². The van der Waals surface area contributed by atoms with Gasteiger partial charge in [-0.05, 0) is 66.7 Å². The van der Waals surface area contributed by atoms with Gasteiger partial charge in [-0.25, -0.2) is 9.38 Å². The van der Waals surface area contributed by atoms with E-state index in [4.69, 9.17) is 15.9 Å². The van der Waals surface area contributed by atoms with Gasteiger partial charge in [0.2, 0.25) is 0 Å². The standard InChI is InChI=1S/C21H16BrFN2O3S/c1-3-9-28-18-12-16(22)13(10-17(18)27-4-2)11-19-20(26)25-21(29-19)24-15-7-5-14(23)6-8-15/h1,5-8,10-12H,4,9H2,2H3,(H,24,25,26)/b19-11+. The highest BCUT2D eigenvalue weighted by Gasteiger charge is 2.24. The van der Waals surface area contributed by atoms with Crippen molar-refractivity contribution in [2.75, 3.05) is 13.2 Å². The van der Waals surface area contributed by atoms with Crippen LogP contribution in [0.5, 0.6) is 11.5 Å². The first-order chi connectivity index (χ1) is 14.0. The van der Waals surface area contributed by atoms with Gasteiger partial charge in [-0.15, -0.1) is 6.42 Å². The number of carbonyl (C=O) groups excluding carboxylic acids is 1. The lowest BCUT2D eigenvalue weighted by Crippen LogP contribution is -2.19. The van der Waals surface area contributed by atoms with Gasteiger partial charge in [0.05, 0.1) is 17.2 Å². The first-order valence-corrected chi connectivity index (χ1v) is 10.2. The average molecular weight is 475 g/mol. The highest BCUT2D eigenvalue weighted by Crippen LogP contribution is 2.37. The van der Waals surface area contributed by atoms with Crippen LogP contribution in [0.2, 0.25) is 0 Å². The molecule has 1 saturated heterocycles. The zero-order valence-electron chi connectivity index (χ0n) is 15.4. The normalized spacial score (nSPS) is 16.0. The van der Waals surface area contributed by atoms with Gasteiger partial charge < -0.3 is 14.8 Å². The molecule has 0 aromatic heterocycles. The Morgan fingerprint density at radius 1 is 1.28 bits per heavy atom. The lowest BCUT2D eigenvalue weighted by molar-refractivity contribution is -0.115. The predicted molar refractivity (Wildman–Crippen MR) is 117 cm³/mol. The molecule has 0 unspecified atom stereocenters. The van der Waals surface area contributed by atoms with Crippen LogP contribution in [-0.4, -0.2) is 24.3 Å². The molecule has 1 amide bonds. The van der Waals surface area contributed by atoms with E-state index in [1.165, 1.54) is 36.0 Å². The van der Waals surface area contributed by atoms with Crippen LogP contribution in [-0.2, 0) is 4.79 Å². The summed E-state index contributed by atoms with van der Waals surface area (Å²) in [5, 5.41) is 3.12. The van der Waals surface area contributed by atoms with Gasteiger partial charge in [0.15, 0.2) is 16.7 Å². The Morgan fingerprint density at radius 3 is 2.69 bits per heavy atom. The van der Waals surface area contributed by atoms with E-state index in [1.54, 1.807) is 18.2 Å². The van der Waals surface area contributed by atoms with E-state index in [0.717, 1.165) is 10.0 Å². The number of rotatable bonds is 6. The molecular weight excluding hydrogens is 459 g/mol. The fourth-order valence-corrected chi connectivity index (χ4v) is 3.69. The Balaban J connectivity index is 1.87. The monoisotopic (exact) mass is 474 g/mol. The zero-order chi connectivity index (χ0) is 20.8. The van der Waals surface area contributed by atoms with Crippen molar-refractivity contribution in [2.24, 2.45) is 4.99 Å². The van der Waals surface area contributed by atoms with Crippen LogP contribution in [0.3, 0.4) is 0 Å². The molecule has 2 aromatic rings. The number of carbonyl (C=O) groups is 1. The summed E-state index contributed by atoms with van der Waals surface area (Å²) in [4.78, 5) is 17.1. The molecule has 1 aliphatic rings. The van der Waals surface area contributed by atoms with Crippen LogP contribution in [0.25, 0.3) is 6.08 Å². The van der Waals surface area contributed by atoms with E-state index in [1.807, 2.05) is 6.92 Å². The van der Waals surface area contributed by atoms with Crippen molar-refractivity contribution < 1.29 is 18.7 Å². The van der Waals surface area contributed by atoms with Crippen LogP contribution in [0, 0.1) is 18.2 Å². The molecule has 148 valence electrons. The topological polar surface area (TPSA) is 59.9 Å². The summed E-state index contributed by atoms with van der Waals surface area (Å²) in [5.41, 5.74) is 1.28. The van der Waals surface area contributed by atoms with Crippen molar-refractivity contribution in [2.45, 2.75) is 6.92 Å². The molecule has 8 heteroatoms. The number of nitrogens with zero attached hydrogens (tertiary/aromatic N) is 1. The lowest BCUT2D eigenvalue weighted by atomic mass is 10.2. The minimum atomic E-state index is -0.345. The van der Waals surface area contributed by atoms with Crippen molar-refractivity contribution in [3.05, 3.63) is 57.2 Å². The van der Waals surface area contributed by atoms with Crippen molar-refractivity contribution in [3.8, 4) is 23.8 Å². The molecule has 29 heavy (non-hydrogen) atoms. The molecule has 1 heterocycles. The lowest BCUT2D eigenvalue weighted by Gasteiger charge is -2.12. The molecule has 0 radical (unpaired) electrons.